The molecule has 126 valence electrons. The van der Waals surface area contributed by atoms with E-state index in [4.69, 9.17) is 5.73 Å². The Morgan fingerprint density at radius 1 is 1.17 bits per heavy atom. The van der Waals surface area contributed by atoms with Gasteiger partial charge in [-0.2, -0.15) is 13.2 Å². The Morgan fingerprint density at radius 3 is 2.39 bits per heavy atom. The molecule has 2 rings (SSSR count). The molecule has 23 heavy (non-hydrogen) atoms. The topological polar surface area (TPSA) is 84.2 Å². The summed E-state index contributed by atoms with van der Waals surface area (Å²) in [5.74, 6) is -1.16. The summed E-state index contributed by atoms with van der Waals surface area (Å²) in [5.41, 5.74) is 4.91. The molecule has 0 spiro atoms. The molecular formula is C15H18F3N3O2. The van der Waals surface area contributed by atoms with Crippen LogP contribution in [0.1, 0.15) is 31.7 Å². The van der Waals surface area contributed by atoms with Crippen molar-refractivity contribution in [1.29, 1.82) is 0 Å². The molecule has 0 saturated heterocycles. The number of hydrogen-bond acceptors (Lipinski definition) is 3. The highest BCUT2D eigenvalue weighted by Gasteiger charge is 2.32. The largest absolute Gasteiger partial charge is 0.416 e. The number of anilines is 2. The molecule has 0 heterocycles. The Hall–Kier alpha value is -2.09. The van der Waals surface area contributed by atoms with Gasteiger partial charge in [-0.3, -0.25) is 9.59 Å². The first-order valence-electron chi connectivity index (χ1n) is 7.22. The third kappa shape index (κ3) is 4.44. The molecule has 1 aliphatic rings. The first-order valence-corrected chi connectivity index (χ1v) is 7.22. The highest BCUT2D eigenvalue weighted by Crippen LogP contribution is 2.35. The van der Waals surface area contributed by atoms with E-state index in [-0.39, 0.29) is 29.2 Å². The van der Waals surface area contributed by atoms with Gasteiger partial charge in [-0.1, -0.05) is 0 Å². The van der Waals surface area contributed by atoms with Gasteiger partial charge in [0.2, 0.25) is 11.8 Å². The number of carbonyl (C=O) groups excluding carboxylic acids is 2. The molecule has 5 nitrogen and oxygen atoms in total. The van der Waals surface area contributed by atoms with E-state index in [2.05, 4.69) is 10.6 Å². The van der Waals surface area contributed by atoms with Gasteiger partial charge in [0.1, 0.15) is 0 Å². The van der Waals surface area contributed by atoms with Crippen LogP contribution in [0.4, 0.5) is 24.5 Å². The average molecular weight is 329 g/mol. The third-order valence-electron chi connectivity index (χ3n) is 3.76. The summed E-state index contributed by atoms with van der Waals surface area (Å²) in [6.07, 6.45) is -2.73. The SMILES string of the molecule is CC(=O)Nc1ccc(C(F)(F)F)cc1NC(=O)C1CCC(N)C1. The minimum absolute atomic E-state index is 0.0675. The number of amides is 2. The minimum Gasteiger partial charge on any atom is -0.328 e. The molecular weight excluding hydrogens is 311 g/mol. The predicted molar refractivity (Wildman–Crippen MR) is 79.7 cm³/mol. The van der Waals surface area contributed by atoms with E-state index >= 15 is 0 Å². The van der Waals surface area contributed by atoms with E-state index in [1.165, 1.54) is 6.92 Å². The second-order valence-corrected chi connectivity index (χ2v) is 5.70. The Balaban J connectivity index is 2.25. The molecule has 2 atom stereocenters. The third-order valence-corrected chi connectivity index (χ3v) is 3.76. The Morgan fingerprint density at radius 2 is 1.87 bits per heavy atom. The molecule has 4 N–H and O–H groups in total. The van der Waals surface area contributed by atoms with Gasteiger partial charge in [0.05, 0.1) is 16.9 Å². The molecule has 0 radical (unpaired) electrons. The van der Waals surface area contributed by atoms with Crippen molar-refractivity contribution in [2.24, 2.45) is 11.7 Å². The maximum atomic E-state index is 12.8. The number of rotatable bonds is 3. The Bertz CT molecular complexity index is 616. The Kier molecular flexibility index (Phi) is 4.93. The van der Waals surface area contributed by atoms with Gasteiger partial charge >= 0.3 is 6.18 Å². The number of nitrogens with two attached hydrogens (primary N) is 1. The van der Waals surface area contributed by atoms with Crippen molar-refractivity contribution in [3.63, 3.8) is 0 Å². The van der Waals surface area contributed by atoms with E-state index in [1.807, 2.05) is 0 Å². The lowest BCUT2D eigenvalue weighted by Crippen LogP contribution is -2.24. The summed E-state index contributed by atoms with van der Waals surface area (Å²) >= 11 is 0. The molecule has 1 aromatic rings. The van der Waals surface area contributed by atoms with Crippen molar-refractivity contribution in [2.45, 2.75) is 38.4 Å². The van der Waals surface area contributed by atoms with Crippen LogP contribution in [0.3, 0.4) is 0 Å². The first kappa shape index (κ1) is 17.3. The van der Waals surface area contributed by atoms with Crippen molar-refractivity contribution >= 4 is 23.2 Å². The second kappa shape index (κ2) is 6.57. The first-order chi connectivity index (χ1) is 10.7. The number of halogens is 3. The van der Waals surface area contributed by atoms with Crippen molar-refractivity contribution in [1.82, 2.24) is 0 Å². The summed E-state index contributed by atoms with van der Waals surface area (Å²) in [4.78, 5) is 23.4. The van der Waals surface area contributed by atoms with Crippen LogP contribution in [0.25, 0.3) is 0 Å². The quantitative estimate of drug-likeness (QED) is 0.797. The monoisotopic (exact) mass is 329 g/mol. The fourth-order valence-electron chi connectivity index (χ4n) is 2.61. The van der Waals surface area contributed by atoms with E-state index in [1.54, 1.807) is 0 Å². The van der Waals surface area contributed by atoms with Crippen molar-refractivity contribution in [3.8, 4) is 0 Å². The molecule has 0 aliphatic heterocycles. The van der Waals surface area contributed by atoms with E-state index < -0.39 is 17.6 Å². The van der Waals surface area contributed by atoms with Crippen LogP contribution < -0.4 is 16.4 Å². The number of nitrogens with one attached hydrogen (secondary N) is 2. The van der Waals surface area contributed by atoms with Gasteiger partial charge in [0.15, 0.2) is 0 Å². The standard InChI is InChI=1S/C15H18F3N3O2/c1-8(22)20-12-5-3-10(15(16,17)18)7-13(12)21-14(23)9-2-4-11(19)6-9/h3,5,7,9,11H,2,4,6,19H2,1H3,(H,20,22)(H,21,23). The number of benzene rings is 1. The molecule has 1 fully saturated rings. The highest BCUT2D eigenvalue weighted by molar-refractivity contribution is 5.99. The fourth-order valence-corrected chi connectivity index (χ4v) is 2.61. The van der Waals surface area contributed by atoms with Crippen LogP contribution in [-0.2, 0) is 15.8 Å². The molecule has 0 aromatic heterocycles. The van der Waals surface area contributed by atoms with Crippen LogP contribution in [0.15, 0.2) is 18.2 Å². The minimum atomic E-state index is -4.54. The van der Waals surface area contributed by atoms with Crippen molar-refractivity contribution in [3.05, 3.63) is 23.8 Å². The lowest BCUT2D eigenvalue weighted by atomic mass is 10.1. The molecule has 1 aromatic carbocycles. The Labute approximate surface area is 131 Å². The van der Waals surface area contributed by atoms with Gasteiger partial charge in [0, 0.05) is 18.9 Å². The normalized spacial score (nSPS) is 21.1. The number of carbonyl (C=O) groups is 2. The zero-order chi connectivity index (χ0) is 17.2. The molecule has 1 aliphatic carbocycles. The zero-order valence-electron chi connectivity index (χ0n) is 12.5. The summed E-state index contributed by atoms with van der Waals surface area (Å²) < 4.78 is 38.5. The molecule has 2 unspecified atom stereocenters. The van der Waals surface area contributed by atoms with Gasteiger partial charge in [-0.25, -0.2) is 0 Å². The summed E-state index contributed by atoms with van der Waals surface area (Å²) in [5, 5.41) is 4.89. The zero-order valence-corrected chi connectivity index (χ0v) is 12.5. The smallest absolute Gasteiger partial charge is 0.328 e. The second-order valence-electron chi connectivity index (χ2n) is 5.70. The molecule has 8 heteroatoms. The van der Waals surface area contributed by atoms with Crippen molar-refractivity contribution in [2.75, 3.05) is 10.6 Å². The maximum Gasteiger partial charge on any atom is 0.416 e. The van der Waals surface area contributed by atoms with E-state index in [9.17, 15) is 22.8 Å². The van der Waals surface area contributed by atoms with Crippen LogP contribution in [0.5, 0.6) is 0 Å². The van der Waals surface area contributed by atoms with E-state index in [0.717, 1.165) is 18.2 Å². The summed E-state index contributed by atoms with van der Waals surface area (Å²) in [6, 6.07) is 2.73. The molecule has 1 saturated carbocycles. The fraction of sp³-hybridized carbons (Fsp3) is 0.467. The lowest BCUT2D eigenvalue weighted by molar-refractivity contribution is -0.137. The molecule has 2 amide bonds. The van der Waals surface area contributed by atoms with E-state index in [0.29, 0.717) is 19.3 Å². The lowest BCUT2D eigenvalue weighted by Gasteiger charge is -2.16. The predicted octanol–water partition coefficient (Wildman–Crippen LogP) is 2.73. The maximum absolute atomic E-state index is 12.8. The van der Waals surface area contributed by atoms with Gasteiger partial charge in [-0.05, 0) is 37.5 Å². The van der Waals surface area contributed by atoms with Crippen LogP contribution >= 0.6 is 0 Å². The number of alkyl halides is 3. The number of hydrogen-bond donors (Lipinski definition) is 3. The van der Waals surface area contributed by atoms with Gasteiger partial charge < -0.3 is 16.4 Å². The summed E-state index contributed by atoms with van der Waals surface area (Å²) in [7, 11) is 0. The van der Waals surface area contributed by atoms with Crippen LogP contribution in [-0.4, -0.2) is 17.9 Å². The highest BCUT2D eigenvalue weighted by atomic mass is 19.4. The average Bonchev–Trinajstić information content (AvgIpc) is 2.85. The molecule has 0 bridgehead atoms. The van der Waals surface area contributed by atoms with Gasteiger partial charge in [0.25, 0.3) is 0 Å². The summed E-state index contributed by atoms with van der Waals surface area (Å²) in [6.45, 7) is 1.24. The van der Waals surface area contributed by atoms with Crippen LogP contribution in [0, 0.1) is 5.92 Å². The van der Waals surface area contributed by atoms with Crippen LogP contribution in [0.2, 0.25) is 0 Å². The van der Waals surface area contributed by atoms with Gasteiger partial charge in [-0.15, -0.1) is 0 Å². The van der Waals surface area contributed by atoms with Crippen molar-refractivity contribution < 1.29 is 22.8 Å².